The van der Waals surface area contributed by atoms with Crippen molar-refractivity contribution in [3.8, 4) is 11.8 Å². The van der Waals surface area contributed by atoms with E-state index in [4.69, 9.17) is 9.47 Å². The summed E-state index contributed by atoms with van der Waals surface area (Å²) in [6.45, 7) is 3.73. The molecule has 0 radical (unpaired) electrons. The SMILES string of the molecule is COc1ccc(C(C(=O)O)N(C)CCN2CCCC2)c(OC)n1. The zero-order valence-corrected chi connectivity index (χ0v) is 14.0. The number of nitrogens with zero attached hydrogens (tertiary/aromatic N) is 3. The molecule has 1 aromatic rings. The molecule has 0 amide bonds. The quantitative estimate of drug-likeness (QED) is 0.771. The van der Waals surface area contributed by atoms with Crippen LogP contribution in [0.15, 0.2) is 12.1 Å². The first-order valence-electron chi connectivity index (χ1n) is 7.81. The summed E-state index contributed by atoms with van der Waals surface area (Å²) < 4.78 is 10.3. The van der Waals surface area contributed by atoms with Gasteiger partial charge in [-0.1, -0.05) is 0 Å². The Balaban J connectivity index is 2.14. The average molecular weight is 323 g/mol. The molecule has 23 heavy (non-hydrogen) atoms. The van der Waals surface area contributed by atoms with Crippen molar-refractivity contribution in [3.63, 3.8) is 0 Å². The second kappa shape index (κ2) is 8.12. The van der Waals surface area contributed by atoms with Crippen molar-refractivity contribution >= 4 is 5.97 Å². The summed E-state index contributed by atoms with van der Waals surface area (Å²) in [7, 11) is 4.81. The Morgan fingerprint density at radius 1 is 1.35 bits per heavy atom. The molecule has 2 rings (SSSR count). The first kappa shape index (κ1) is 17.5. The number of aliphatic carboxylic acids is 1. The third-order valence-corrected chi connectivity index (χ3v) is 4.20. The van der Waals surface area contributed by atoms with Crippen LogP contribution >= 0.6 is 0 Å². The number of hydrogen-bond acceptors (Lipinski definition) is 6. The van der Waals surface area contributed by atoms with Gasteiger partial charge < -0.3 is 19.5 Å². The summed E-state index contributed by atoms with van der Waals surface area (Å²) >= 11 is 0. The smallest absolute Gasteiger partial charge is 0.325 e. The van der Waals surface area contributed by atoms with Gasteiger partial charge in [0.2, 0.25) is 11.8 Å². The fraction of sp³-hybridized carbons (Fsp3) is 0.625. The molecule has 1 unspecified atom stereocenters. The molecule has 128 valence electrons. The van der Waals surface area contributed by atoms with Crippen LogP contribution in [-0.4, -0.2) is 73.3 Å². The summed E-state index contributed by atoms with van der Waals surface area (Å²) in [4.78, 5) is 20.2. The fourth-order valence-electron chi connectivity index (χ4n) is 2.91. The number of carboxylic acids is 1. The molecule has 1 N–H and O–H groups in total. The van der Waals surface area contributed by atoms with E-state index in [2.05, 4.69) is 9.88 Å². The third-order valence-electron chi connectivity index (χ3n) is 4.20. The van der Waals surface area contributed by atoms with Crippen LogP contribution in [0.4, 0.5) is 0 Å². The number of rotatable bonds is 8. The summed E-state index contributed by atoms with van der Waals surface area (Å²) in [5.41, 5.74) is 0.532. The molecule has 1 aliphatic heterocycles. The number of carbonyl (C=O) groups is 1. The molecule has 0 aromatic carbocycles. The lowest BCUT2D eigenvalue weighted by atomic mass is 10.1. The predicted molar refractivity (Wildman–Crippen MR) is 86.0 cm³/mol. The van der Waals surface area contributed by atoms with Gasteiger partial charge in [-0.15, -0.1) is 0 Å². The highest BCUT2D eigenvalue weighted by atomic mass is 16.5. The van der Waals surface area contributed by atoms with Crippen molar-refractivity contribution in [2.24, 2.45) is 0 Å². The highest BCUT2D eigenvalue weighted by molar-refractivity contribution is 5.76. The first-order chi connectivity index (χ1) is 11.1. The molecule has 2 heterocycles. The third kappa shape index (κ3) is 4.33. The van der Waals surface area contributed by atoms with E-state index in [0.717, 1.165) is 19.6 Å². The maximum Gasteiger partial charge on any atom is 0.325 e. The number of methoxy groups -OCH3 is 2. The molecule has 0 aliphatic carbocycles. The van der Waals surface area contributed by atoms with Crippen LogP contribution in [0, 0.1) is 0 Å². The number of aromatic nitrogens is 1. The zero-order chi connectivity index (χ0) is 16.8. The lowest BCUT2D eigenvalue weighted by Crippen LogP contribution is -2.37. The Bertz CT molecular complexity index is 532. The molecule has 1 aromatic heterocycles. The van der Waals surface area contributed by atoms with Gasteiger partial charge in [-0.3, -0.25) is 9.69 Å². The van der Waals surface area contributed by atoms with E-state index < -0.39 is 12.0 Å². The van der Waals surface area contributed by atoms with Crippen molar-refractivity contribution in [1.29, 1.82) is 0 Å². The standard InChI is InChI=1S/C16H25N3O4/c1-18(10-11-19-8-4-5-9-19)14(16(20)21)12-6-7-13(22-2)17-15(12)23-3/h6-7,14H,4-5,8-11H2,1-3H3,(H,20,21). The first-order valence-corrected chi connectivity index (χ1v) is 7.81. The Kier molecular flexibility index (Phi) is 6.18. The van der Waals surface area contributed by atoms with Gasteiger partial charge in [0.25, 0.3) is 0 Å². The second-order valence-corrected chi connectivity index (χ2v) is 5.72. The van der Waals surface area contributed by atoms with Gasteiger partial charge in [-0.2, -0.15) is 4.98 Å². The number of likely N-dealkylation sites (N-methyl/N-ethyl adjacent to an activating group) is 1. The van der Waals surface area contributed by atoms with E-state index in [1.807, 2.05) is 11.9 Å². The minimum Gasteiger partial charge on any atom is -0.481 e. The topological polar surface area (TPSA) is 75.1 Å². The zero-order valence-electron chi connectivity index (χ0n) is 14.0. The number of pyridine rings is 1. The van der Waals surface area contributed by atoms with Crippen molar-refractivity contribution in [3.05, 3.63) is 17.7 Å². The van der Waals surface area contributed by atoms with Crippen LogP contribution in [0.3, 0.4) is 0 Å². The van der Waals surface area contributed by atoms with E-state index in [-0.39, 0.29) is 5.88 Å². The molecule has 7 nitrogen and oxygen atoms in total. The molecular weight excluding hydrogens is 298 g/mol. The lowest BCUT2D eigenvalue weighted by molar-refractivity contribution is -0.143. The largest absolute Gasteiger partial charge is 0.481 e. The van der Waals surface area contributed by atoms with Gasteiger partial charge in [-0.25, -0.2) is 0 Å². The molecule has 1 aliphatic rings. The minimum absolute atomic E-state index is 0.282. The number of carboxylic acid groups (broad SMARTS) is 1. The molecule has 0 spiro atoms. The monoisotopic (exact) mass is 323 g/mol. The Morgan fingerprint density at radius 2 is 2.04 bits per heavy atom. The van der Waals surface area contributed by atoms with Gasteiger partial charge in [-0.05, 0) is 39.0 Å². The van der Waals surface area contributed by atoms with Crippen LogP contribution in [0.1, 0.15) is 24.4 Å². The molecule has 1 saturated heterocycles. The van der Waals surface area contributed by atoms with E-state index in [0.29, 0.717) is 18.0 Å². The molecule has 0 saturated carbocycles. The Hall–Kier alpha value is -1.86. The van der Waals surface area contributed by atoms with Crippen molar-refractivity contribution in [1.82, 2.24) is 14.8 Å². The lowest BCUT2D eigenvalue weighted by Gasteiger charge is -2.27. The van der Waals surface area contributed by atoms with E-state index in [9.17, 15) is 9.90 Å². The number of likely N-dealkylation sites (tertiary alicyclic amines) is 1. The predicted octanol–water partition coefficient (Wildman–Crippen LogP) is 1.25. The molecule has 0 bridgehead atoms. The maximum absolute atomic E-state index is 11.8. The summed E-state index contributed by atoms with van der Waals surface area (Å²) in [5, 5.41) is 9.67. The number of hydrogen-bond donors (Lipinski definition) is 1. The van der Waals surface area contributed by atoms with Crippen LogP contribution in [0.25, 0.3) is 0 Å². The van der Waals surface area contributed by atoms with Crippen LogP contribution in [0.2, 0.25) is 0 Å². The van der Waals surface area contributed by atoms with Gasteiger partial charge in [0.15, 0.2) is 0 Å². The molecule has 1 atom stereocenters. The fourth-order valence-corrected chi connectivity index (χ4v) is 2.91. The highest BCUT2D eigenvalue weighted by Crippen LogP contribution is 2.29. The minimum atomic E-state index is -0.917. The Labute approximate surface area is 136 Å². The van der Waals surface area contributed by atoms with Crippen LogP contribution in [-0.2, 0) is 4.79 Å². The Morgan fingerprint density at radius 3 is 2.61 bits per heavy atom. The highest BCUT2D eigenvalue weighted by Gasteiger charge is 2.29. The van der Waals surface area contributed by atoms with Crippen molar-refractivity contribution in [2.75, 3.05) is 47.4 Å². The van der Waals surface area contributed by atoms with Gasteiger partial charge in [0.1, 0.15) is 6.04 Å². The van der Waals surface area contributed by atoms with E-state index in [1.165, 1.54) is 27.1 Å². The summed E-state index contributed by atoms with van der Waals surface area (Å²) in [6, 6.07) is 2.56. The maximum atomic E-state index is 11.8. The molecule has 7 heteroatoms. The van der Waals surface area contributed by atoms with Crippen LogP contribution in [0.5, 0.6) is 11.8 Å². The van der Waals surface area contributed by atoms with Gasteiger partial charge >= 0.3 is 5.97 Å². The molecule has 1 fully saturated rings. The molecular formula is C16H25N3O4. The normalized spacial score (nSPS) is 16.5. The summed E-state index contributed by atoms with van der Waals surface area (Å²) in [5.74, 6) is -0.238. The van der Waals surface area contributed by atoms with Crippen molar-refractivity contribution < 1.29 is 19.4 Å². The summed E-state index contributed by atoms with van der Waals surface area (Å²) in [6.07, 6.45) is 2.45. The van der Waals surface area contributed by atoms with Gasteiger partial charge in [0, 0.05) is 24.7 Å². The van der Waals surface area contributed by atoms with Crippen LogP contribution < -0.4 is 9.47 Å². The van der Waals surface area contributed by atoms with E-state index in [1.54, 1.807) is 12.1 Å². The van der Waals surface area contributed by atoms with E-state index >= 15 is 0 Å². The average Bonchev–Trinajstić information content (AvgIpc) is 3.06. The second-order valence-electron chi connectivity index (χ2n) is 5.72. The number of ether oxygens (including phenoxy) is 2. The van der Waals surface area contributed by atoms with Gasteiger partial charge in [0.05, 0.1) is 14.2 Å². The van der Waals surface area contributed by atoms with Crippen molar-refractivity contribution in [2.45, 2.75) is 18.9 Å².